The zero-order chi connectivity index (χ0) is 13.2. The zero-order valence-corrected chi connectivity index (χ0v) is 10.4. The summed E-state index contributed by atoms with van der Waals surface area (Å²) in [6, 6.07) is 1.80. The molecule has 0 amide bonds. The Bertz CT molecular complexity index is 467. The molecule has 92 valence electrons. The topological polar surface area (TPSA) is 34.1 Å². The number of alkyl halides is 4. The highest BCUT2D eigenvalue weighted by Crippen LogP contribution is 2.33. The van der Waals surface area contributed by atoms with Crippen molar-refractivity contribution in [2.75, 3.05) is 5.33 Å². The number of carbonyl (C=O) groups is 2. The van der Waals surface area contributed by atoms with Crippen LogP contribution < -0.4 is 0 Å². The summed E-state index contributed by atoms with van der Waals surface area (Å²) >= 11 is 2.83. The minimum atomic E-state index is -4.65. The van der Waals surface area contributed by atoms with Gasteiger partial charge in [0, 0.05) is 11.1 Å². The van der Waals surface area contributed by atoms with E-state index in [1.54, 1.807) is 0 Å². The molecule has 1 rings (SSSR count). The molecule has 0 atom stereocenters. The molecule has 0 heterocycles. The summed E-state index contributed by atoms with van der Waals surface area (Å²) in [6.07, 6.45) is -4.31. The fourth-order valence-electron chi connectivity index (χ4n) is 1.39. The van der Waals surface area contributed by atoms with E-state index in [1.165, 1.54) is 6.92 Å². The highest BCUT2D eigenvalue weighted by Gasteiger charge is 2.35. The first kappa shape index (κ1) is 13.9. The van der Waals surface area contributed by atoms with E-state index in [4.69, 9.17) is 0 Å². The van der Waals surface area contributed by atoms with Crippen molar-refractivity contribution in [2.24, 2.45) is 0 Å². The van der Waals surface area contributed by atoms with Gasteiger partial charge in [0.25, 0.3) is 0 Å². The molecule has 0 aliphatic heterocycles. The molecule has 0 aliphatic rings. The van der Waals surface area contributed by atoms with Crippen molar-refractivity contribution in [3.05, 3.63) is 34.4 Å². The third-order valence-electron chi connectivity index (χ3n) is 2.26. The maximum Gasteiger partial charge on any atom is 0.417 e. The van der Waals surface area contributed by atoms with E-state index in [2.05, 4.69) is 15.9 Å². The predicted molar refractivity (Wildman–Crippen MR) is 59.7 cm³/mol. The van der Waals surface area contributed by atoms with Crippen LogP contribution in [0.2, 0.25) is 0 Å². The molecule has 0 N–H and O–H groups in total. The van der Waals surface area contributed by atoms with Gasteiger partial charge < -0.3 is 0 Å². The van der Waals surface area contributed by atoms with Crippen molar-refractivity contribution in [1.29, 1.82) is 0 Å². The number of halogens is 4. The van der Waals surface area contributed by atoms with Crippen LogP contribution in [0, 0.1) is 6.92 Å². The smallest absolute Gasteiger partial charge is 0.298 e. The lowest BCUT2D eigenvalue weighted by Crippen LogP contribution is -2.15. The lowest BCUT2D eigenvalue weighted by atomic mass is 9.97. The third-order valence-corrected chi connectivity index (χ3v) is 2.77. The van der Waals surface area contributed by atoms with Crippen LogP contribution in [-0.2, 0) is 6.18 Å². The molecule has 17 heavy (non-hydrogen) atoms. The Labute approximate surface area is 104 Å². The molecule has 1 aromatic rings. The zero-order valence-electron chi connectivity index (χ0n) is 8.77. The first-order valence-electron chi connectivity index (χ1n) is 4.57. The van der Waals surface area contributed by atoms with Crippen molar-refractivity contribution >= 4 is 28.0 Å². The second-order valence-electron chi connectivity index (χ2n) is 3.43. The van der Waals surface area contributed by atoms with Gasteiger partial charge in [-0.2, -0.15) is 13.2 Å². The highest BCUT2D eigenvalue weighted by molar-refractivity contribution is 9.09. The summed E-state index contributed by atoms with van der Waals surface area (Å²) in [5.74, 6) is -0.669. The number of ketones is 1. The SMILES string of the molecule is Cc1cc(C(=O)CBr)c(C(F)(F)F)cc1C=O. The number of carbonyl (C=O) groups excluding carboxylic acids is 2. The van der Waals surface area contributed by atoms with Crippen LogP contribution in [0.25, 0.3) is 0 Å². The van der Waals surface area contributed by atoms with E-state index in [0.29, 0.717) is 17.9 Å². The van der Waals surface area contributed by atoms with E-state index >= 15 is 0 Å². The predicted octanol–water partition coefficient (Wildman–Crippen LogP) is 3.40. The summed E-state index contributed by atoms with van der Waals surface area (Å²) in [5.41, 5.74) is -1.21. The number of rotatable bonds is 3. The Hall–Kier alpha value is -1.17. The molecule has 0 aliphatic carbocycles. The maximum absolute atomic E-state index is 12.7. The van der Waals surface area contributed by atoms with Crippen LogP contribution >= 0.6 is 15.9 Å². The van der Waals surface area contributed by atoms with Gasteiger partial charge in [-0.15, -0.1) is 0 Å². The number of benzene rings is 1. The van der Waals surface area contributed by atoms with Crippen LogP contribution in [0.5, 0.6) is 0 Å². The Morgan fingerprint density at radius 2 is 2.00 bits per heavy atom. The Balaban J connectivity index is 3.52. The molecular weight excluding hydrogens is 301 g/mol. The van der Waals surface area contributed by atoms with Gasteiger partial charge in [0.2, 0.25) is 0 Å². The van der Waals surface area contributed by atoms with E-state index in [9.17, 15) is 22.8 Å². The summed E-state index contributed by atoms with van der Waals surface area (Å²) in [4.78, 5) is 22.0. The minimum Gasteiger partial charge on any atom is -0.298 e. The number of hydrogen-bond donors (Lipinski definition) is 0. The average molecular weight is 309 g/mol. The second-order valence-corrected chi connectivity index (χ2v) is 3.99. The maximum atomic E-state index is 12.7. The van der Waals surface area contributed by atoms with Gasteiger partial charge in [0.1, 0.15) is 6.29 Å². The summed E-state index contributed by atoms with van der Waals surface area (Å²) in [5, 5.41) is -0.198. The summed E-state index contributed by atoms with van der Waals surface area (Å²) < 4.78 is 38.1. The molecule has 1 aromatic carbocycles. The van der Waals surface area contributed by atoms with Crippen molar-refractivity contribution in [1.82, 2.24) is 0 Å². The molecule has 0 saturated heterocycles. The van der Waals surface area contributed by atoms with Crippen molar-refractivity contribution < 1.29 is 22.8 Å². The molecule has 0 fully saturated rings. The van der Waals surface area contributed by atoms with E-state index in [1.807, 2.05) is 0 Å². The fraction of sp³-hybridized carbons (Fsp3) is 0.273. The molecule has 0 radical (unpaired) electrons. The Morgan fingerprint density at radius 3 is 2.41 bits per heavy atom. The molecule has 2 nitrogen and oxygen atoms in total. The first-order chi connectivity index (χ1) is 7.81. The number of aryl methyl sites for hydroxylation is 1. The lowest BCUT2D eigenvalue weighted by molar-refractivity contribution is -0.137. The van der Waals surface area contributed by atoms with Crippen LogP contribution in [0.1, 0.15) is 31.8 Å². The Morgan fingerprint density at radius 1 is 1.41 bits per heavy atom. The second kappa shape index (κ2) is 5.00. The van der Waals surface area contributed by atoms with Gasteiger partial charge in [-0.1, -0.05) is 15.9 Å². The van der Waals surface area contributed by atoms with Crippen LogP contribution in [0.15, 0.2) is 12.1 Å². The molecule has 0 spiro atoms. The van der Waals surface area contributed by atoms with Crippen LogP contribution in [-0.4, -0.2) is 17.4 Å². The first-order valence-corrected chi connectivity index (χ1v) is 5.69. The molecule has 0 bridgehead atoms. The van der Waals surface area contributed by atoms with Crippen LogP contribution in [0.3, 0.4) is 0 Å². The van der Waals surface area contributed by atoms with E-state index in [-0.39, 0.29) is 10.9 Å². The normalized spacial score (nSPS) is 11.4. The van der Waals surface area contributed by atoms with Gasteiger partial charge in [0.05, 0.1) is 10.9 Å². The van der Waals surface area contributed by atoms with E-state index < -0.39 is 23.1 Å². The molecule has 0 saturated carbocycles. The number of Topliss-reactive ketones (excluding diaryl/α,β-unsaturated/α-hetero) is 1. The van der Waals surface area contributed by atoms with Crippen LogP contribution in [0.4, 0.5) is 13.2 Å². The van der Waals surface area contributed by atoms with Crippen molar-refractivity contribution in [2.45, 2.75) is 13.1 Å². The average Bonchev–Trinajstić information content (AvgIpc) is 2.26. The largest absolute Gasteiger partial charge is 0.417 e. The van der Waals surface area contributed by atoms with E-state index in [0.717, 1.165) is 6.07 Å². The van der Waals surface area contributed by atoms with Crippen molar-refractivity contribution in [3.63, 3.8) is 0 Å². The van der Waals surface area contributed by atoms with Gasteiger partial charge in [-0.25, -0.2) is 0 Å². The summed E-state index contributed by atoms with van der Waals surface area (Å²) in [7, 11) is 0. The quantitative estimate of drug-likeness (QED) is 0.487. The van der Waals surface area contributed by atoms with Crippen molar-refractivity contribution in [3.8, 4) is 0 Å². The van der Waals surface area contributed by atoms with Gasteiger partial charge >= 0.3 is 6.18 Å². The minimum absolute atomic E-state index is 0.0663. The molecule has 0 unspecified atom stereocenters. The lowest BCUT2D eigenvalue weighted by Gasteiger charge is -2.13. The third kappa shape index (κ3) is 2.94. The Kier molecular flexibility index (Phi) is 4.08. The monoisotopic (exact) mass is 308 g/mol. The fourth-order valence-corrected chi connectivity index (χ4v) is 1.69. The molecule has 6 heteroatoms. The number of hydrogen-bond acceptors (Lipinski definition) is 2. The van der Waals surface area contributed by atoms with Gasteiger partial charge in [-0.05, 0) is 24.6 Å². The number of aldehydes is 1. The molecule has 0 aromatic heterocycles. The standard InChI is InChI=1S/C11H8BrF3O2/c1-6-2-8(10(17)4-12)9(11(13,14)15)3-7(6)5-16/h2-3,5H,4H2,1H3. The molecular formula is C11H8BrF3O2. The van der Waals surface area contributed by atoms with Gasteiger partial charge in [-0.3, -0.25) is 9.59 Å². The van der Waals surface area contributed by atoms with Gasteiger partial charge in [0.15, 0.2) is 5.78 Å². The highest BCUT2D eigenvalue weighted by atomic mass is 79.9. The summed E-state index contributed by atoms with van der Waals surface area (Å²) in [6.45, 7) is 1.48.